The maximum absolute atomic E-state index is 12.9. The highest BCUT2D eigenvalue weighted by Gasteiger charge is 2.26. The summed E-state index contributed by atoms with van der Waals surface area (Å²) in [6.07, 6.45) is 1.26. The number of halogens is 1. The topological polar surface area (TPSA) is 52.5 Å². The van der Waals surface area contributed by atoms with Crippen molar-refractivity contribution in [3.05, 3.63) is 29.6 Å². The van der Waals surface area contributed by atoms with Gasteiger partial charge in [0.15, 0.2) is 0 Å². The van der Waals surface area contributed by atoms with Crippen molar-refractivity contribution in [2.45, 2.75) is 31.5 Å². The Morgan fingerprint density at radius 2 is 2.13 bits per heavy atom. The molecule has 0 saturated heterocycles. The molecule has 1 fully saturated rings. The van der Waals surface area contributed by atoms with Gasteiger partial charge in [-0.25, -0.2) is 4.39 Å². The number of phenols is 1. The highest BCUT2D eigenvalue weighted by molar-refractivity contribution is 5.32. The number of hydrogen-bond donors (Lipinski definition) is 3. The summed E-state index contributed by atoms with van der Waals surface area (Å²) in [7, 11) is 0. The Morgan fingerprint density at radius 3 is 2.80 bits per heavy atom. The van der Waals surface area contributed by atoms with Crippen molar-refractivity contribution in [1.82, 2.24) is 5.32 Å². The smallest absolute Gasteiger partial charge is 0.123 e. The molecule has 1 aliphatic rings. The number of aromatic hydroxyl groups is 1. The van der Waals surface area contributed by atoms with Crippen LogP contribution in [0.2, 0.25) is 0 Å². The van der Waals surface area contributed by atoms with Crippen molar-refractivity contribution in [2.24, 2.45) is 0 Å². The Labute approximate surface area is 87.6 Å². The SMILES string of the molecule is Oc1ccc(F)cc1CNC1CC(O)C1. The number of nitrogens with one attached hydrogen (secondary N) is 1. The first-order chi connectivity index (χ1) is 7.15. The summed E-state index contributed by atoms with van der Waals surface area (Å²) in [4.78, 5) is 0. The molecule has 0 aliphatic heterocycles. The second kappa shape index (κ2) is 4.16. The van der Waals surface area contributed by atoms with Crippen molar-refractivity contribution in [1.29, 1.82) is 0 Å². The fraction of sp³-hybridized carbons (Fsp3) is 0.455. The van der Waals surface area contributed by atoms with Gasteiger partial charge in [-0.3, -0.25) is 0 Å². The van der Waals surface area contributed by atoms with Gasteiger partial charge in [-0.2, -0.15) is 0 Å². The van der Waals surface area contributed by atoms with Crippen molar-refractivity contribution in [2.75, 3.05) is 0 Å². The predicted molar refractivity (Wildman–Crippen MR) is 53.9 cm³/mol. The van der Waals surface area contributed by atoms with Crippen LogP contribution in [-0.2, 0) is 6.54 Å². The van der Waals surface area contributed by atoms with E-state index in [1.54, 1.807) is 0 Å². The van der Waals surface area contributed by atoms with Gasteiger partial charge < -0.3 is 15.5 Å². The van der Waals surface area contributed by atoms with Gasteiger partial charge in [0.05, 0.1) is 6.10 Å². The summed E-state index contributed by atoms with van der Waals surface area (Å²) in [6, 6.07) is 4.17. The number of benzene rings is 1. The highest BCUT2D eigenvalue weighted by Crippen LogP contribution is 2.22. The van der Waals surface area contributed by atoms with E-state index in [1.807, 2.05) is 0 Å². The van der Waals surface area contributed by atoms with Gasteiger partial charge in [0.2, 0.25) is 0 Å². The van der Waals surface area contributed by atoms with Crippen LogP contribution in [-0.4, -0.2) is 22.4 Å². The monoisotopic (exact) mass is 211 g/mol. The predicted octanol–water partition coefficient (Wildman–Crippen LogP) is 1.14. The molecule has 0 amide bonds. The first-order valence-corrected chi connectivity index (χ1v) is 5.04. The second-order valence-electron chi connectivity index (χ2n) is 3.98. The molecule has 0 bridgehead atoms. The quantitative estimate of drug-likeness (QED) is 0.702. The Balaban J connectivity index is 1.90. The average molecular weight is 211 g/mol. The van der Waals surface area contributed by atoms with E-state index in [0.717, 1.165) is 12.8 Å². The molecule has 0 radical (unpaired) electrons. The van der Waals surface area contributed by atoms with Crippen LogP contribution in [0.1, 0.15) is 18.4 Å². The maximum atomic E-state index is 12.9. The average Bonchev–Trinajstić information content (AvgIpc) is 2.16. The van der Waals surface area contributed by atoms with Crippen molar-refractivity contribution >= 4 is 0 Å². The molecule has 1 aromatic rings. The molecule has 0 unspecified atom stereocenters. The zero-order valence-electron chi connectivity index (χ0n) is 8.28. The first-order valence-electron chi connectivity index (χ1n) is 5.04. The second-order valence-corrected chi connectivity index (χ2v) is 3.98. The molecule has 1 saturated carbocycles. The third-order valence-corrected chi connectivity index (χ3v) is 2.74. The molecule has 0 aromatic heterocycles. The standard InChI is InChI=1S/C11H14FNO2/c12-8-1-2-11(15)7(3-8)6-13-9-4-10(14)5-9/h1-3,9-10,13-15H,4-6H2. The fourth-order valence-electron chi connectivity index (χ4n) is 1.70. The minimum atomic E-state index is -0.349. The lowest BCUT2D eigenvalue weighted by Crippen LogP contribution is -2.43. The number of aliphatic hydroxyl groups excluding tert-OH is 1. The van der Waals surface area contributed by atoms with Crippen LogP contribution < -0.4 is 5.32 Å². The van der Waals surface area contributed by atoms with Crippen molar-refractivity contribution < 1.29 is 14.6 Å². The molecule has 15 heavy (non-hydrogen) atoms. The van der Waals surface area contributed by atoms with E-state index in [-0.39, 0.29) is 23.7 Å². The van der Waals surface area contributed by atoms with E-state index in [4.69, 9.17) is 5.11 Å². The number of aliphatic hydroxyl groups is 1. The van der Waals surface area contributed by atoms with E-state index < -0.39 is 0 Å². The molecule has 4 heteroatoms. The van der Waals surface area contributed by atoms with Crippen LogP contribution >= 0.6 is 0 Å². The van der Waals surface area contributed by atoms with Crippen LogP contribution in [0, 0.1) is 5.82 Å². The first kappa shape index (κ1) is 10.4. The highest BCUT2D eigenvalue weighted by atomic mass is 19.1. The molecule has 0 heterocycles. The van der Waals surface area contributed by atoms with Gasteiger partial charge in [-0.1, -0.05) is 0 Å². The van der Waals surface area contributed by atoms with Gasteiger partial charge in [-0.15, -0.1) is 0 Å². The van der Waals surface area contributed by atoms with E-state index >= 15 is 0 Å². The third-order valence-electron chi connectivity index (χ3n) is 2.74. The number of hydrogen-bond acceptors (Lipinski definition) is 3. The number of phenolic OH excluding ortho intramolecular Hbond substituents is 1. The zero-order valence-corrected chi connectivity index (χ0v) is 8.28. The van der Waals surface area contributed by atoms with E-state index in [0.29, 0.717) is 12.1 Å². The van der Waals surface area contributed by atoms with E-state index in [1.165, 1.54) is 18.2 Å². The lowest BCUT2D eigenvalue weighted by atomic mass is 9.89. The van der Waals surface area contributed by atoms with Gasteiger partial charge in [0.1, 0.15) is 11.6 Å². The van der Waals surface area contributed by atoms with Crippen LogP contribution in [0.5, 0.6) is 5.75 Å². The van der Waals surface area contributed by atoms with E-state index in [2.05, 4.69) is 5.32 Å². The normalized spacial score (nSPS) is 24.9. The fourth-order valence-corrected chi connectivity index (χ4v) is 1.70. The Hall–Kier alpha value is -1.13. The summed E-state index contributed by atoms with van der Waals surface area (Å²) in [5, 5.41) is 21.6. The summed E-state index contributed by atoms with van der Waals surface area (Å²) in [5.41, 5.74) is 0.552. The lowest BCUT2D eigenvalue weighted by molar-refractivity contribution is 0.0618. The van der Waals surface area contributed by atoms with Crippen molar-refractivity contribution in [3.63, 3.8) is 0 Å². The minimum absolute atomic E-state index is 0.101. The molecule has 1 aromatic carbocycles. The molecular formula is C11H14FNO2. The minimum Gasteiger partial charge on any atom is -0.508 e. The van der Waals surface area contributed by atoms with Gasteiger partial charge in [-0.05, 0) is 31.0 Å². The molecule has 82 valence electrons. The molecule has 2 rings (SSSR count). The van der Waals surface area contributed by atoms with Crippen LogP contribution in [0.25, 0.3) is 0 Å². The summed E-state index contributed by atoms with van der Waals surface area (Å²) < 4.78 is 12.9. The van der Waals surface area contributed by atoms with Crippen LogP contribution in [0.15, 0.2) is 18.2 Å². The molecule has 3 nitrogen and oxygen atoms in total. The maximum Gasteiger partial charge on any atom is 0.123 e. The Bertz CT molecular complexity index is 350. The van der Waals surface area contributed by atoms with Gasteiger partial charge >= 0.3 is 0 Å². The van der Waals surface area contributed by atoms with Crippen LogP contribution in [0.4, 0.5) is 4.39 Å². The van der Waals surface area contributed by atoms with Gasteiger partial charge in [0, 0.05) is 18.2 Å². The molecular weight excluding hydrogens is 197 g/mol. The third kappa shape index (κ3) is 2.46. The summed E-state index contributed by atoms with van der Waals surface area (Å²) >= 11 is 0. The van der Waals surface area contributed by atoms with Gasteiger partial charge in [0.25, 0.3) is 0 Å². The Kier molecular flexibility index (Phi) is 2.88. The van der Waals surface area contributed by atoms with E-state index in [9.17, 15) is 9.50 Å². The molecule has 0 atom stereocenters. The lowest BCUT2D eigenvalue weighted by Gasteiger charge is -2.32. The zero-order chi connectivity index (χ0) is 10.8. The Morgan fingerprint density at radius 1 is 1.40 bits per heavy atom. The number of rotatable bonds is 3. The largest absolute Gasteiger partial charge is 0.508 e. The summed E-state index contributed by atoms with van der Waals surface area (Å²) in [5.74, 6) is -0.248. The molecule has 1 aliphatic carbocycles. The summed E-state index contributed by atoms with van der Waals surface area (Å²) in [6.45, 7) is 0.432. The van der Waals surface area contributed by atoms with Crippen molar-refractivity contribution in [3.8, 4) is 5.75 Å². The molecule has 0 spiro atoms. The van der Waals surface area contributed by atoms with Crippen LogP contribution in [0.3, 0.4) is 0 Å². The molecule has 3 N–H and O–H groups in total.